The van der Waals surface area contributed by atoms with E-state index in [4.69, 9.17) is 4.74 Å². The Hall–Kier alpha value is -2.18. The number of carbonyl (C=O) groups is 1. The molecule has 6 heteroatoms. The highest BCUT2D eigenvalue weighted by Crippen LogP contribution is 2.32. The van der Waals surface area contributed by atoms with E-state index in [1.807, 2.05) is 37.6 Å². The van der Waals surface area contributed by atoms with Crippen molar-refractivity contribution in [3.63, 3.8) is 0 Å². The highest BCUT2D eigenvalue weighted by molar-refractivity contribution is 7.96. The van der Waals surface area contributed by atoms with Gasteiger partial charge in [0, 0.05) is 38.4 Å². The molecule has 2 aromatic rings. The Morgan fingerprint density at radius 2 is 1.72 bits per heavy atom. The van der Waals surface area contributed by atoms with Crippen LogP contribution in [0.4, 0.5) is 0 Å². The summed E-state index contributed by atoms with van der Waals surface area (Å²) in [5.74, 6) is 3.12. The fourth-order valence-electron chi connectivity index (χ4n) is 3.77. The van der Waals surface area contributed by atoms with E-state index in [0.717, 1.165) is 61.6 Å². The van der Waals surface area contributed by atoms with Crippen molar-refractivity contribution in [1.29, 1.82) is 0 Å². The Morgan fingerprint density at radius 1 is 1.06 bits per heavy atom. The fraction of sp³-hybridized carbons (Fsp3) is 0.500. The third-order valence-electron chi connectivity index (χ3n) is 5.38. The molecule has 5 nitrogen and oxygen atoms in total. The molecule has 0 saturated carbocycles. The van der Waals surface area contributed by atoms with Gasteiger partial charge >= 0.3 is 0 Å². The SMILES string of the molecule is CC.CCSN1CCN(C(=O)CCc2cc(C)c(Oc3ccc(O)cc3)c(CC)c2)CC1. The minimum absolute atomic E-state index is 0.223. The van der Waals surface area contributed by atoms with E-state index < -0.39 is 0 Å². The Labute approximate surface area is 197 Å². The normalized spacial score (nSPS) is 14.0. The third-order valence-corrected chi connectivity index (χ3v) is 6.37. The number of phenolic OH excluding ortho intramolecular Hbond substituents is 1. The van der Waals surface area contributed by atoms with Gasteiger partial charge in [-0.05, 0) is 60.7 Å². The average Bonchev–Trinajstić information content (AvgIpc) is 2.82. The summed E-state index contributed by atoms with van der Waals surface area (Å²) in [6.45, 7) is 13.9. The van der Waals surface area contributed by atoms with E-state index in [-0.39, 0.29) is 11.7 Å². The first kappa shape index (κ1) is 26.1. The zero-order valence-electron chi connectivity index (χ0n) is 20.2. The van der Waals surface area contributed by atoms with E-state index in [2.05, 4.69) is 30.3 Å². The van der Waals surface area contributed by atoms with Gasteiger partial charge in [-0.3, -0.25) is 4.79 Å². The molecule has 3 rings (SSSR count). The Morgan fingerprint density at radius 3 is 2.31 bits per heavy atom. The molecule has 1 heterocycles. The van der Waals surface area contributed by atoms with Crippen molar-refractivity contribution in [2.24, 2.45) is 0 Å². The zero-order chi connectivity index (χ0) is 23.5. The monoisotopic (exact) mass is 458 g/mol. The molecule has 32 heavy (non-hydrogen) atoms. The summed E-state index contributed by atoms with van der Waals surface area (Å²) in [5, 5.41) is 9.46. The number of rotatable bonds is 8. The lowest BCUT2D eigenvalue weighted by Crippen LogP contribution is -2.46. The molecule has 1 N–H and O–H groups in total. The lowest BCUT2D eigenvalue weighted by atomic mass is 9.99. The number of ether oxygens (including phenoxy) is 1. The van der Waals surface area contributed by atoms with Crippen molar-refractivity contribution >= 4 is 17.9 Å². The first-order valence-corrected chi connectivity index (χ1v) is 12.7. The van der Waals surface area contributed by atoms with Crippen LogP contribution >= 0.6 is 11.9 Å². The number of aromatic hydroxyl groups is 1. The summed E-state index contributed by atoms with van der Waals surface area (Å²) in [4.78, 5) is 14.7. The van der Waals surface area contributed by atoms with Gasteiger partial charge in [0.2, 0.25) is 5.91 Å². The molecule has 0 unspecified atom stereocenters. The van der Waals surface area contributed by atoms with Crippen LogP contribution < -0.4 is 4.74 Å². The van der Waals surface area contributed by atoms with E-state index in [1.165, 1.54) is 5.56 Å². The molecule has 0 aliphatic carbocycles. The molecule has 1 fully saturated rings. The second-order valence-electron chi connectivity index (χ2n) is 7.58. The second kappa shape index (κ2) is 13.4. The van der Waals surface area contributed by atoms with Gasteiger partial charge in [-0.2, -0.15) is 0 Å². The number of piperazine rings is 1. The van der Waals surface area contributed by atoms with E-state index >= 15 is 0 Å². The number of phenols is 1. The smallest absolute Gasteiger partial charge is 0.222 e. The lowest BCUT2D eigenvalue weighted by Gasteiger charge is -2.33. The Balaban J connectivity index is 0.00000176. The summed E-state index contributed by atoms with van der Waals surface area (Å²) in [5.41, 5.74) is 3.38. The standard InChI is InChI=1S/C24H32N2O3S.C2H6/c1-4-20-17-19(6-11-23(28)25-12-14-26(15-13-25)30-5-2)16-18(3)24(20)29-22-9-7-21(27)8-10-22;1-2/h7-10,16-17,27H,4-6,11-15H2,1-3H3;1-2H3. The van der Waals surface area contributed by atoms with Crippen LogP contribution in [0.25, 0.3) is 0 Å². The minimum atomic E-state index is 0.223. The van der Waals surface area contributed by atoms with Crippen LogP contribution in [0.2, 0.25) is 0 Å². The first-order chi connectivity index (χ1) is 15.5. The topological polar surface area (TPSA) is 53.0 Å². The largest absolute Gasteiger partial charge is 0.508 e. The van der Waals surface area contributed by atoms with Crippen molar-refractivity contribution in [1.82, 2.24) is 9.21 Å². The summed E-state index contributed by atoms with van der Waals surface area (Å²) in [6, 6.07) is 11.1. The van der Waals surface area contributed by atoms with Crippen molar-refractivity contribution in [3.8, 4) is 17.2 Å². The van der Waals surface area contributed by atoms with Gasteiger partial charge in [-0.15, -0.1) is 0 Å². The van der Waals surface area contributed by atoms with E-state index in [0.29, 0.717) is 12.2 Å². The number of carbonyl (C=O) groups excluding carboxylic acids is 1. The average molecular weight is 459 g/mol. The molecule has 0 atom stereocenters. The fourth-order valence-corrected chi connectivity index (χ4v) is 4.56. The summed E-state index contributed by atoms with van der Waals surface area (Å²) >= 11 is 1.86. The van der Waals surface area contributed by atoms with Crippen LogP contribution in [0.5, 0.6) is 17.2 Å². The number of benzene rings is 2. The van der Waals surface area contributed by atoms with Gasteiger partial charge in [0.15, 0.2) is 0 Å². The molecule has 0 spiro atoms. The molecular weight excluding hydrogens is 420 g/mol. The predicted molar refractivity (Wildman–Crippen MR) is 135 cm³/mol. The van der Waals surface area contributed by atoms with Crippen LogP contribution in [-0.4, -0.2) is 52.2 Å². The van der Waals surface area contributed by atoms with E-state index in [9.17, 15) is 9.90 Å². The van der Waals surface area contributed by atoms with Crippen molar-refractivity contribution in [2.45, 2.75) is 53.9 Å². The van der Waals surface area contributed by atoms with Crippen LogP contribution in [-0.2, 0) is 17.6 Å². The molecule has 1 aliphatic rings. The molecule has 2 aromatic carbocycles. The quantitative estimate of drug-likeness (QED) is 0.505. The van der Waals surface area contributed by atoms with Gasteiger partial charge < -0.3 is 14.7 Å². The highest BCUT2D eigenvalue weighted by Gasteiger charge is 2.21. The maximum absolute atomic E-state index is 12.7. The Bertz CT molecular complexity index is 847. The summed E-state index contributed by atoms with van der Waals surface area (Å²) in [6.07, 6.45) is 2.14. The highest BCUT2D eigenvalue weighted by atomic mass is 32.2. The van der Waals surface area contributed by atoms with Crippen molar-refractivity contribution in [2.75, 3.05) is 31.9 Å². The zero-order valence-corrected chi connectivity index (χ0v) is 21.0. The van der Waals surface area contributed by atoms with Gasteiger partial charge in [-0.25, -0.2) is 4.31 Å². The number of hydrogen-bond donors (Lipinski definition) is 1. The molecule has 176 valence electrons. The summed E-state index contributed by atoms with van der Waals surface area (Å²) in [7, 11) is 0. The van der Waals surface area contributed by atoms with Gasteiger partial charge in [-0.1, -0.05) is 51.8 Å². The molecular formula is C26H38N2O3S. The van der Waals surface area contributed by atoms with Crippen LogP contribution in [0, 0.1) is 6.92 Å². The molecule has 0 bridgehead atoms. The first-order valence-electron chi connectivity index (χ1n) is 11.7. The van der Waals surface area contributed by atoms with Crippen LogP contribution in [0.3, 0.4) is 0 Å². The predicted octanol–water partition coefficient (Wildman–Crippen LogP) is 5.83. The van der Waals surface area contributed by atoms with Gasteiger partial charge in [0.05, 0.1) is 0 Å². The minimum Gasteiger partial charge on any atom is -0.508 e. The molecule has 1 amide bonds. The summed E-state index contributed by atoms with van der Waals surface area (Å²) < 4.78 is 8.45. The van der Waals surface area contributed by atoms with Crippen LogP contribution in [0.15, 0.2) is 36.4 Å². The lowest BCUT2D eigenvalue weighted by molar-refractivity contribution is -0.132. The van der Waals surface area contributed by atoms with E-state index in [1.54, 1.807) is 24.3 Å². The molecule has 1 saturated heterocycles. The molecule has 1 aliphatic heterocycles. The number of aryl methyl sites for hydroxylation is 3. The van der Waals surface area contributed by atoms with Crippen LogP contribution in [0.1, 0.15) is 50.8 Å². The number of amides is 1. The third kappa shape index (κ3) is 7.45. The maximum atomic E-state index is 12.7. The van der Waals surface area contributed by atoms with Crippen molar-refractivity contribution < 1.29 is 14.6 Å². The second-order valence-corrected chi connectivity index (χ2v) is 8.93. The van der Waals surface area contributed by atoms with Crippen molar-refractivity contribution in [3.05, 3.63) is 53.1 Å². The van der Waals surface area contributed by atoms with Gasteiger partial charge in [0.1, 0.15) is 17.2 Å². The number of nitrogens with zero attached hydrogens (tertiary/aromatic N) is 2. The molecule has 0 aromatic heterocycles. The molecule has 0 radical (unpaired) electrons. The Kier molecular flexibility index (Phi) is 10.9. The number of hydrogen-bond acceptors (Lipinski definition) is 5. The maximum Gasteiger partial charge on any atom is 0.222 e. The van der Waals surface area contributed by atoms with Gasteiger partial charge in [0.25, 0.3) is 0 Å².